The van der Waals surface area contributed by atoms with E-state index in [-0.39, 0.29) is 44.0 Å². The smallest absolute Gasteiger partial charge is 0.306 e. The molecule has 0 fully saturated rings. The summed E-state index contributed by atoms with van der Waals surface area (Å²) in [7, 11) is 0. The number of esters is 3. The molecule has 1 atom stereocenters. The van der Waals surface area contributed by atoms with E-state index in [4.69, 9.17) is 14.2 Å². The lowest BCUT2D eigenvalue weighted by molar-refractivity contribution is -0.166. The lowest BCUT2D eigenvalue weighted by atomic mass is 10.1. The van der Waals surface area contributed by atoms with E-state index in [1.54, 1.807) is 0 Å². The molecule has 0 amide bonds. The van der Waals surface area contributed by atoms with Gasteiger partial charge in [0.2, 0.25) is 0 Å². The molecule has 6 nitrogen and oxygen atoms in total. The molecule has 0 aromatic carbocycles. The van der Waals surface area contributed by atoms with Gasteiger partial charge in [0.05, 0.1) is 0 Å². The number of carbonyl (C=O) groups excluding carboxylic acids is 3. The average molecular weight is 817 g/mol. The lowest BCUT2D eigenvalue weighted by Crippen LogP contribution is -2.30. The molecule has 0 aliphatic rings. The van der Waals surface area contributed by atoms with Crippen LogP contribution in [0, 0.1) is 0 Å². The van der Waals surface area contributed by atoms with Crippen molar-refractivity contribution in [3.8, 4) is 0 Å². The lowest BCUT2D eigenvalue weighted by Gasteiger charge is -2.18. The number of carbonyl (C=O) groups is 3. The Hall–Kier alpha value is -3.93. The molecule has 332 valence electrons. The maximum Gasteiger partial charge on any atom is 0.306 e. The Morgan fingerprint density at radius 1 is 0.373 bits per heavy atom. The van der Waals surface area contributed by atoms with Crippen LogP contribution in [0.15, 0.2) is 109 Å². The zero-order valence-corrected chi connectivity index (χ0v) is 37.7. The van der Waals surface area contributed by atoms with Crippen LogP contribution in [0.1, 0.15) is 188 Å². The van der Waals surface area contributed by atoms with Crippen LogP contribution in [0.3, 0.4) is 0 Å². The number of rotatable bonds is 40. The number of hydrogen-bond donors (Lipinski definition) is 0. The normalized spacial score (nSPS) is 13.1. The van der Waals surface area contributed by atoms with Crippen molar-refractivity contribution in [2.24, 2.45) is 0 Å². The van der Waals surface area contributed by atoms with E-state index in [0.717, 1.165) is 96.3 Å². The highest BCUT2D eigenvalue weighted by molar-refractivity contribution is 5.71. The summed E-state index contributed by atoms with van der Waals surface area (Å²) in [6.45, 7) is 6.30. The van der Waals surface area contributed by atoms with Gasteiger partial charge in [0.1, 0.15) is 13.2 Å². The van der Waals surface area contributed by atoms with Crippen LogP contribution < -0.4 is 0 Å². The fourth-order valence-electron chi connectivity index (χ4n) is 5.72. The Kier molecular flexibility index (Phi) is 43.6. The summed E-state index contributed by atoms with van der Waals surface area (Å²) >= 11 is 0. The maximum atomic E-state index is 12.7. The summed E-state index contributed by atoms with van der Waals surface area (Å²) in [5.41, 5.74) is 0. The minimum atomic E-state index is -0.825. The Morgan fingerprint density at radius 3 is 1.27 bits per heavy atom. The van der Waals surface area contributed by atoms with Crippen molar-refractivity contribution >= 4 is 17.9 Å². The van der Waals surface area contributed by atoms with Gasteiger partial charge in [-0.15, -0.1) is 0 Å². The maximum absolute atomic E-state index is 12.7. The highest BCUT2D eigenvalue weighted by Gasteiger charge is 2.19. The van der Waals surface area contributed by atoms with E-state index in [1.807, 2.05) is 12.2 Å². The van der Waals surface area contributed by atoms with Crippen LogP contribution in [0.5, 0.6) is 0 Å². The third-order valence-corrected chi connectivity index (χ3v) is 9.27. The number of hydrogen-bond acceptors (Lipinski definition) is 6. The predicted molar refractivity (Wildman–Crippen MR) is 251 cm³/mol. The minimum absolute atomic E-state index is 0.119. The number of unbranched alkanes of at least 4 members (excludes halogenated alkanes) is 12. The van der Waals surface area contributed by atoms with Crippen molar-refractivity contribution in [3.05, 3.63) is 109 Å². The monoisotopic (exact) mass is 817 g/mol. The van der Waals surface area contributed by atoms with Gasteiger partial charge >= 0.3 is 17.9 Å². The topological polar surface area (TPSA) is 78.9 Å². The fraction of sp³-hybridized carbons (Fsp3) is 0.604. The minimum Gasteiger partial charge on any atom is -0.462 e. The Morgan fingerprint density at radius 2 is 0.746 bits per heavy atom. The quantitative estimate of drug-likeness (QED) is 0.0201. The second-order valence-corrected chi connectivity index (χ2v) is 14.9. The number of ether oxygens (including phenoxy) is 3. The molecule has 0 saturated carbocycles. The molecule has 0 heterocycles. The van der Waals surface area contributed by atoms with Crippen molar-refractivity contribution in [2.75, 3.05) is 13.2 Å². The van der Waals surface area contributed by atoms with Crippen molar-refractivity contribution in [1.82, 2.24) is 0 Å². The number of allylic oxidation sites excluding steroid dienone is 18. The summed E-state index contributed by atoms with van der Waals surface area (Å²) in [6.07, 6.45) is 62.3. The van der Waals surface area contributed by atoms with Crippen molar-refractivity contribution in [2.45, 2.75) is 194 Å². The van der Waals surface area contributed by atoms with Gasteiger partial charge in [0.15, 0.2) is 6.10 Å². The molecule has 1 unspecified atom stereocenters. The van der Waals surface area contributed by atoms with Crippen molar-refractivity contribution < 1.29 is 28.6 Å². The molecule has 59 heavy (non-hydrogen) atoms. The average Bonchev–Trinajstić information content (AvgIpc) is 3.23. The molecule has 0 aromatic rings. The van der Waals surface area contributed by atoms with Gasteiger partial charge in [-0.1, -0.05) is 182 Å². The van der Waals surface area contributed by atoms with Gasteiger partial charge in [-0.2, -0.15) is 0 Å². The van der Waals surface area contributed by atoms with Crippen molar-refractivity contribution in [1.29, 1.82) is 0 Å². The zero-order valence-electron chi connectivity index (χ0n) is 37.7. The largest absolute Gasteiger partial charge is 0.462 e. The molecule has 0 rings (SSSR count). The molecule has 0 aliphatic carbocycles. The molecule has 0 saturated heterocycles. The van der Waals surface area contributed by atoms with Crippen LogP contribution >= 0.6 is 0 Å². The summed E-state index contributed by atoms with van der Waals surface area (Å²) in [6, 6.07) is 0. The van der Waals surface area contributed by atoms with E-state index < -0.39 is 6.10 Å². The first-order valence-electron chi connectivity index (χ1n) is 23.4. The second-order valence-electron chi connectivity index (χ2n) is 14.9. The van der Waals surface area contributed by atoms with Crippen LogP contribution in [0.2, 0.25) is 0 Å². The van der Waals surface area contributed by atoms with E-state index in [9.17, 15) is 14.4 Å². The first-order chi connectivity index (χ1) is 29.0. The third kappa shape index (κ3) is 45.0. The van der Waals surface area contributed by atoms with Gasteiger partial charge in [-0.25, -0.2) is 0 Å². The fourth-order valence-corrected chi connectivity index (χ4v) is 5.72. The molecule has 0 aliphatic heterocycles. The molecule has 0 aromatic heterocycles. The first kappa shape index (κ1) is 55.1. The van der Waals surface area contributed by atoms with E-state index in [1.165, 1.54) is 38.5 Å². The van der Waals surface area contributed by atoms with Gasteiger partial charge < -0.3 is 14.2 Å². The summed E-state index contributed by atoms with van der Waals surface area (Å²) < 4.78 is 16.6. The Bertz CT molecular complexity index is 1260. The van der Waals surface area contributed by atoms with Crippen LogP contribution in [0.4, 0.5) is 0 Å². The van der Waals surface area contributed by atoms with Crippen molar-refractivity contribution in [3.63, 3.8) is 0 Å². The molecule has 6 heteroatoms. The standard InChI is InChI=1S/C53H84O6/c1-4-7-10-13-16-19-22-23-24-25-26-27-28-29-32-34-37-40-43-46-52(55)58-49-50(59-53(56)47-44-41-38-35-31-21-18-15-12-9-6-3)48-57-51(54)45-42-39-36-33-30-20-17-14-11-8-5-2/h7,10,14-19,21,23-24,26-27,29,31-32,37,40,50H,4-6,8-9,11-13,20,22,25,28,30,33-36,38-39,41-49H2,1-3H3/b10-7-,17-14-,18-15-,19-16-,24-23-,27-26-,31-21-,32-29-,40-37-. The van der Waals surface area contributed by atoms with Crippen LogP contribution in [-0.2, 0) is 28.6 Å². The zero-order chi connectivity index (χ0) is 43.0. The molecule has 0 N–H and O–H groups in total. The molecule has 0 radical (unpaired) electrons. The first-order valence-corrected chi connectivity index (χ1v) is 23.4. The second kappa shape index (κ2) is 46.8. The van der Waals surface area contributed by atoms with E-state index in [2.05, 4.69) is 118 Å². The van der Waals surface area contributed by atoms with Gasteiger partial charge in [-0.05, 0) is 96.3 Å². The van der Waals surface area contributed by atoms with E-state index in [0.29, 0.717) is 19.3 Å². The van der Waals surface area contributed by atoms with Crippen LogP contribution in [0.25, 0.3) is 0 Å². The highest BCUT2D eigenvalue weighted by atomic mass is 16.6. The third-order valence-electron chi connectivity index (χ3n) is 9.27. The molecular weight excluding hydrogens is 733 g/mol. The SMILES string of the molecule is CC/C=C\C/C=C\C/C=C\C/C=C\C/C=C\C/C=C\CCC(=O)OCC(COC(=O)CCCCCCC/C=C\CCCC)OC(=O)CCCCC/C=C\C=C/CCCC. The Balaban J connectivity index is 4.53. The summed E-state index contributed by atoms with van der Waals surface area (Å²) in [5.74, 6) is -1.06. The van der Waals surface area contributed by atoms with Gasteiger partial charge in [-0.3, -0.25) is 14.4 Å². The molecular formula is C53H84O6. The molecule has 0 spiro atoms. The van der Waals surface area contributed by atoms with Gasteiger partial charge in [0.25, 0.3) is 0 Å². The molecule has 0 bridgehead atoms. The summed E-state index contributed by atoms with van der Waals surface area (Å²) in [5, 5.41) is 0. The van der Waals surface area contributed by atoms with E-state index >= 15 is 0 Å². The van der Waals surface area contributed by atoms with Gasteiger partial charge in [0, 0.05) is 19.3 Å². The van der Waals surface area contributed by atoms with Crippen LogP contribution in [-0.4, -0.2) is 37.2 Å². The predicted octanol–water partition coefficient (Wildman–Crippen LogP) is 15.2. The summed E-state index contributed by atoms with van der Waals surface area (Å²) in [4.78, 5) is 37.7. The highest BCUT2D eigenvalue weighted by Crippen LogP contribution is 2.11. The Labute approximate surface area is 361 Å².